The Morgan fingerprint density at radius 3 is 2.29 bits per heavy atom. The van der Waals surface area contributed by atoms with Crippen molar-refractivity contribution in [2.75, 3.05) is 6.54 Å². The Kier molecular flexibility index (Phi) is 5.18. The van der Waals surface area contributed by atoms with Crippen LogP contribution < -0.4 is 5.32 Å². The number of rotatable bonds is 6. The molecule has 4 rings (SSSR count). The number of nitrogens with zero attached hydrogens (tertiary/aromatic N) is 4. The molecule has 28 heavy (non-hydrogen) atoms. The molecular formula is C20H23N5O3. The van der Waals surface area contributed by atoms with Crippen LogP contribution in [0.2, 0.25) is 0 Å². The zero-order chi connectivity index (χ0) is 19.5. The number of nitrogens with one attached hydrogen (secondary N) is 1. The predicted molar refractivity (Wildman–Crippen MR) is 99.6 cm³/mol. The molecule has 1 aliphatic heterocycles. The summed E-state index contributed by atoms with van der Waals surface area (Å²) in [7, 11) is 0. The minimum Gasteiger partial charge on any atom is -0.350 e. The first-order valence-electron chi connectivity index (χ1n) is 9.64. The zero-order valence-electron chi connectivity index (χ0n) is 15.6. The summed E-state index contributed by atoms with van der Waals surface area (Å²) in [4.78, 5) is 42.2. The zero-order valence-corrected chi connectivity index (χ0v) is 15.6. The Labute approximate surface area is 162 Å². The molecule has 2 atom stereocenters. The monoisotopic (exact) mass is 381 g/mol. The van der Waals surface area contributed by atoms with Gasteiger partial charge in [0.2, 0.25) is 17.7 Å². The first-order chi connectivity index (χ1) is 13.6. The topological polar surface area (TPSA) is 97.2 Å². The maximum absolute atomic E-state index is 12.4. The molecule has 1 N–H and O–H groups in total. The Balaban J connectivity index is 1.28. The number of likely N-dealkylation sites (tertiary alicyclic amines) is 1. The van der Waals surface area contributed by atoms with Gasteiger partial charge in [-0.25, -0.2) is 9.67 Å². The second-order valence-electron chi connectivity index (χ2n) is 7.45. The summed E-state index contributed by atoms with van der Waals surface area (Å²) in [6.07, 6.45) is 6.63. The minimum atomic E-state index is -0.313. The summed E-state index contributed by atoms with van der Waals surface area (Å²) in [5, 5.41) is 6.87. The van der Waals surface area contributed by atoms with Gasteiger partial charge in [-0.2, -0.15) is 5.10 Å². The van der Waals surface area contributed by atoms with Crippen LogP contribution in [-0.4, -0.2) is 43.9 Å². The summed E-state index contributed by atoms with van der Waals surface area (Å²) in [5.41, 5.74) is 2.03. The summed E-state index contributed by atoms with van der Waals surface area (Å²) in [5.74, 6) is -1.10. The van der Waals surface area contributed by atoms with Crippen LogP contribution in [0.25, 0.3) is 0 Å². The molecule has 1 saturated heterocycles. The first-order valence-corrected chi connectivity index (χ1v) is 9.64. The van der Waals surface area contributed by atoms with Gasteiger partial charge >= 0.3 is 0 Å². The molecule has 2 heterocycles. The number of hydrogen-bond donors (Lipinski definition) is 1. The van der Waals surface area contributed by atoms with Crippen LogP contribution in [0, 0.1) is 11.8 Å². The standard InChI is InChI=1S/C20H23N5O3/c26-18(11-25-19(27)16-3-1-2-4-17(16)20(25)28)22-9-14-5-7-15(8-6-14)10-24-13-21-12-23-24/h5-8,12-13,16-17H,1-4,9-11H2,(H,22,26). The maximum Gasteiger partial charge on any atom is 0.240 e. The van der Waals surface area contributed by atoms with Crippen LogP contribution in [0.15, 0.2) is 36.9 Å². The Morgan fingerprint density at radius 1 is 1.04 bits per heavy atom. The molecule has 8 heteroatoms. The van der Waals surface area contributed by atoms with E-state index in [-0.39, 0.29) is 36.1 Å². The lowest BCUT2D eigenvalue weighted by atomic mass is 9.81. The average Bonchev–Trinajstić information content (AvgIpc) is 3.31. The molecule has 0 bridgehead atoms. The fraction of sp³-hybridized carbons (Fsp3) is 0.450. The highest BCUT2D eigenvalue weighted by Crippen LogP contribution is 2.37. The van der Waals surface area contributed by atoms with Gasteiger partial charge in [0, 0.05) is 6.54 Å². The van der Waals surface area contributed by atoms with Gasteiger partial charge in [-0.05, 0) is 24.0 Å². The number of benzene rings is 1. The average molecular weight is 381 g/mol. The third kappa shape index (κ3) is 3.81. The van der Waals surface area contributed by atoms with E-state index >= 15 is 0 Å². The third-order valence-corrected chi connectivity index (χ3v) is 5.56. The van der Waals surface area contributed by atoms with Crippen molar-refractivity contribution in [3.63, 3.8) is 0 Å². The molecule has 3 amide bonds. The van der Waals surface area contributed by atoms with E-state index in [9.17, 15) is 14.4 Å². The lowest BCUT2D eigenvalue weighted by Crippen LogP contribution is -2.40. The second-order valence-corrected chi connectivity index (χ2v) is 7.45. The summed E-state index contributed by atoms with van der Waals surface area (Å²) >= 11 is 0. The van der Waals surface area contributed by atoms with E-state index in [0.29, 0.717) is 13.1 Å². The Hall–Kier alpha value is -3.03. The molecule has 2 aliphatic rings. The van der Waals surface area contributed by atoms with Crippen LogP contribution in [-0.2, 0) is 27.5 Å². The number of carbonyl (C=O) groups excluding carboxylic acids is 3. The molecule has 2 fully saturated rings. The molecule has 0 spiro atoms. The SMILES string of the molecule is O=C(CN1C(=O)C2CCCCC2C1=O)NCc1ccc(Cn2cncn2)cc1. The van der Waals surface area contributed by atoms with Gasteiger partial charge in [0.05, 0.1) is 18.4 Å². The van der Waals surface area contributed by atoms with Crippen molar-refractivity contribution < 1.29 is 14.4 Å². The van der Waals surface area contributed by atoms with Gasteiger partial charge in [-0.3, -0.25) is 19.3 Å². The third-order valence-electron chi connectivity index (χ3n) is 5.56. The Bertz CT molecular complexity index is 838. The van der Waals surface area contributed by atoms with E-state index in [4.69, 9.17) is 0 Å². The van der Waals surface area contributed by atoms with E-state index in [1.807, 2.05) is 24.3 Å². The number of fused-ring (bicyclic) bond motifs is 1. The van der Waals surface area contributed by atoms with E-state index in [1.165, 1.54) is 6.33 Å². The van der Waals surface area contributed by atoms with Gasteiger partial charge in [0.1, 0.15) is 19.2 Å². The summed E-state index contributed by atoms with van der Waals surface area (Å²) in [6.45, 7) is 0.800. The van der Waals surface area contributed by atoms with Gasteiger partial charge in [0.25, 0.3) is 0 Å². The predicted octanol–water partition coefficient (Wildman–Crippen LogP) is 1.12. The second kappa shape index (κ2) is 7.92. The summed E-state index contributed by atoms with van der Waals surface area (Å²) < 4.78 is 1.73. The number of carbonyl (C=O) groups is 3. The fourth-order valence-electron chi connectivity index (χ4n) is 4.05. The highest BCUT2D eigenvalue weighted by molar-refractivity contribution is 6.07. The van der Waals surface area contributed by atoms with Crippen molar-refractivity contribution in [3.05, 3.63) is 48.0 Å². The molecule has 8 nitrogen and oxygen atoms in total. The first kappa shape index (κ1) is 18.3. The van der Waals surface area contributed by atoms with Gasteiger partial charge < -0.3 is 5.32 Å². The van der Waals surface area contributed by atoms with Gasteiger partial charge in [0.15, 0.2) is 0 Å². The highest BCUT2D eigenvalue weighted by atomic mass is 16.2. The van der Waals surface area contributed by atoms with E-state index in [1.54, 1.807) is 11.0 Å². The van der Waals surface area contributed by atoms with Crippen LogP contribution >= 0.6 is 0 Å². The van der Waals surface area contributed by atoms with Crippen molar-refractivity contribution in [1.82, 2.24) is 25.0 Å². The lowest BCUT2D eigenvalue weighted by molar-refractivity contribution is -0.143. The van der Waals surface area contributed by atoms with Crippen LogP contribution in [0.3, 0.4) is 0 Å². The smallest absolute Gasteiger partial charge is 0.240 e. The molecule has 1 saturated carbocycles. The van der Waals surface area contributed by atoms with Gasteiger partial charge in [-0.1, -0.05) is 37.1 Å². The normalized spacial score (nSPS) is 21.6. The highest BCUT2D eigenvalue weighted by Gasteiger charge is 2.48. The molecule has 146 valence electrons. The van der Waals surface area contributed by atoms with E-state index < -0.39 is 0 Å². The maximum atomic E-state index is 12.4. The van der Waals surface area contributed by atoms with Crippen molar-refractivity contribution >= 4 is 17.7 Å². The van der Waals surface area contributed by atoms with Gasteiger partial charge in [-0.15, -0.1) is 0 Å². The van der Waals surface area contributed by atoms with Crippen molar-refractivity contribution in [1.29, 1.82) is 0 Å². The van der Waals surface area contributed by atoms with Crippen LogP contribution in [0.4, 0.5) is 0 Å². The molecule has 2 aromatic rings. The number of amides is 3. The van der Waals surface area contributed by atoms with Crippen molar-refractivity contribution in [2.24, 2.45) is 11.8 Å². The quantitative estimate of drug-likeness (QED) is 0.756. The number of hydrogen-bond acceptors (Lipinski definition) is 5. The van der Waals surface area contributed by atoms with Crippen LogP contribution in [0.1, 0.15) is 36.8 Å². The summed E-state index contributed by atoms with van der Waals surface area (Å²) in [6, 6.07) is 7.82. The molecule has 1 aliphatic carbocycles. The largest absolute Gasteiger partial charge is 0.350 e. The van der Waals surface area contributed by atoms with E-state index in [0.717, 1.165) is 41.7 Å². The fourth-order valence-corrected chi connectivity index (χ4v) is 4.05. The minimum absolute atomic E-state index is 0.178. The lowest BCUT2D eigenvalue weighted by Gasteiger charge is -2.19. The molecule has 1 aromatic heterocycles. The molecule has 2 unspecified atom stereocenters. The molecular weight excluding hydrogens is 358 g/mol. The van der Waals surface area contributed by atoms with E-state index in [2.05, 4.69) is 15.4 Å². The number of imide groups is 1. The van der Waals surface area contributed by atoms with Crippen molar-refractivity contribution in [3.8, 4) is 0 Å². The van der Waals surface area contributed by atoms with Crippen molar-refractivity contribution in [2.45, 2.75) is 38.8 Å². The number of aromatic nitrogens is 3. The Morgan fingerprint density at radius 2 is 1.68 bits per heavy atom. The van der Waals surface area contributed by atoms with Crippen LogP contribution in [0.5, 0.6) is 0 Å². The molecule has 0 radical (unpaired) electrons. The molecule has 1 aromatic carbocycles.